The first-order valence-electron chi connectivity index (χ1n) is 11.1. The molecule has 34 heavy (non-hydrogen) atoms. The Morgan fingerprint density at radius 1 is 0.794 bits per heavy atom. The van der Waals surface area contributed by atoms with Crippen molar-refractivity contribution >= 4 is 29.1 Å². The normalized spacial score (nSPS) is 11.5. The maximum Gasteiger partial charge on any atom is 0.253 e. The molecule has 3 rings (SSSR count). The van der Waals surface area contributed by atoms with Crippen LogP contribution in [0, 0.1) is 6.92 Å². The number of aryl methyl sites for hydroxylation is 1. The summed E-state index contributed by atoms with van der Waals surface area (Å²) in [4.78, 5) is 39.4. The summed E-state index contributed by atoms with van der Waals surface area (Å²) in [6.07, 6.45) is 0. The number of benzene rings is 3. The molecule has 0 saturated heterocycles. The number of rotatable bonds is 9. The molecule has 0 heterocycles. The molecule has 7 nitrogen and oxygen atoms in total. The molecule has 0 aliphatic carbocycles. The molecule has 0 aliphatic heterocycles. The van der Waals surface area contributed by atoms with Gasteiger partial charge in [0.2, 0.25) is 11.8 Å². The second-order valence-corrected chi connectivity index (χ2v) is 8.29. The maximum absolute atomic E-state index is 12.9. The van der Waals surface area contributed by atoms with E-state index in [1.165, 1.54) is 0 Å². The van der Waals surface area contributed by atoms with E-state index < -0.39 is 0 Å². The summed E-state index contributed by atoms with van der Waals surface area (Å²) in [6, 6.07) is 23.8. The third kappa shape index (κ3) is 7.28. The third-order valence-corrected chi connectivity index (χ3v) is 5.26. The number of nitrogens with zero attached hydrogens (tertiary/aromatic N) is 1. The zero-order chi connectivity index (χ0) is 24.5. The lowest BCUT2D eigenvalue weighted by molar-refractivity contribution is -0.119. The highest BCUT2D eigenvalue weighted by Crippen LogP contribution is 2.18. The van der Waals surface area contributed by atoms with Crippen LogP contribution in [0.25, 0.3) is 0 Å². The Hall–Kier alpha value is -3.97. The summed E-state index contributed by atoms with van der Waals surface area (Å²) in [5, 5.41) is 8.57. The predicted molar refractivity (Wildman–Crippen MR) is 135 cm³/mol. The minimum Gasteiger partial charge on any atom is -0.345 e. The van der Waals surface area contributed by atoms with Gasteiger partial charge in [0.15, 0.2) is 0 Å². The molecule has 0 aliphatic rings. The molecular formula is C27H30N4O3. The number of carbonyl (C=O) groups is 3. The van der Waals surface area contributed by atoms with Gasteiger partial charge in [-0.1, -0.05) is 60.2 Å². The summed E-state index contributed by atoms with van der Waals surface area (Å²) < 4.78 is 0. The van der Waals surface area contributed by atoms with Crippen molar-refractivity contribution < 1.29 is 14.4 Å². The third-order valence-electron chi connectivity index (χ3n) is 5.26. The van der Waals surface area contributed by atoms with E-state index in [1.54, 1.807) is 36.2 Å². The molecule has 0 radical (unpaired) electrons. The number of anilines is 2. The van der Waals surface area contributed by atoms with E-state index in [1.807, 2.05) is 68.4 Å². The molecule has 7 heteroatoms. The van der Waals surface area contributed by atoms with Crippen molar-refractivity contribution in [1.29, 1.82) is 0 Å². The second kappa shape index (κ2) is 11.8. The van der Waals surface area contributed by atoms with Gasteiger partial charge < -0.3 is 16.0 Å². The van der Waals surface area contributed by atoms with Gasteiger partial charge in [-0.3, -0.25) is 19.3 Å². The van der Waals surface area contributed by atoms with Gasteiger partial charge in [0.05, 0.1) is 30.4 Å². The van der Waals surface area contributed by atoms with Crippen LogP contribution in [0.4, 0.5) is 11.4 Å². The van der Waals surface area contributed by atoms with Gasteiger partial charge in [0.1, 0.15) is 0 Å². The summed E-state index contributed by atoms with van der Waals surface area (Å²) in [5.74, 6) is -0.811. The minimum atomic E-state index is -0.318. The first-order chi connectivity index (χ1) is 16.3. The van der Waals surface area contributed by atoms with E-state index in [0.717, 1.165) is 11.1 Å². The lowest BCUT2D eigenvalue weighted by atomic mass is 10.1. The average Bonchev–Trinajstić information content (AvgIpc) is 2.81. The van der Waals surface area contributed by atoms with Crippen molar-refractivity contribution in [1.82, 2.24) is 10.2 Å². The summed E-state index contributed by atoms with van der Waals surface area (Å²) in [7, 11) is 1.69. The van der Waals surface area contributed by atoms with E-state index in [-0.39, 0.29) is 36.9 Å². The second-order valence-electron chi connectivity index (χ2n) is 8.29. The zero-order valence-electron chi connectivity index (χ0n) is 19.7. The maximum atomic E-state index is 12.9. The molecule has 0 fully saturated rings. The smallest absolute Gasteiger partial charge is 0.253 e. The van der Waals surface area contributed by atoms with Gasteiger partial charge in [-0.05, 0) is 50.7 Å². The fraction of sp³-hybridized carbons (Fsp3) is 0.222. The van der Waals surface area contributed by atoms with Crippen LogP contribution in [-0.2, 0) is 9.59 Å². The van der Waals surface area contributed by atoms with Crippen LogP contribution < -0.4 is 16.0 Å². The largest absolute Gasteiger partial charge is 0.345 e. The van der Waals surface area contributed by atoms with Gasteiger partial charge in [0.25, 0.3) is 5.91 Å². The minimum absolute atomic E-state index is 0.00229. The molecule has 0 aromatic heterocycles. The number of nitrogens with one attached hydrogen (secondary N) is 3. The Bertz CT molecular complexity index is 1130. The van der Waals surface area contributed by atoms with Crippen LogP contribution in [0.2, 0.25) is 0 Å². The number of carbonyl (C=O) groups excluding carboxylic acids is 3. The molecule has 3 aromatic carbocycles. The van der Waals surface area contributed by atoms with E-state index in [2.05, 4.69) is 16.0 Å². The monoisotopic (exact) mass is 458 g/mol. The lowest BCUT2D eigenvalue weighted by Gasteiger charge is -2.18. The van der Waals surface area contributed by atoms with Crippen molar-refractivity contribution in [3.8, 4) is 0 Å². The van der Waals surface area contributed by atoms with E-state index in [4.69, 9.17) is 0 Å². The van der Waals surface area contributed by atoms with Crippen molar-refractivity contribution in [3.63, 3.8) is 0 Å². The fourth-order valence-electron chi connectivity index (χ4n) is 3.46. The number of hydrogen-bond acceptors (Lipinski definition) is 4. The molecule has 0 saturated carbocycles. The zero-order valence-corrected chi connectivity index (χ0v) is 19.7. The molecular weight excluding hydrogens is 428 g/mol. The standard InChI is InChI=1S/C27H30N4O3/c1-19-13-15-22(16-14-19)29-25(32)17-31(3)18-26(33)30-24-12-8-7-11-23(24)27(34)28-20(2)21-9-5-4-6-10-21/h4-16,20H,17-18H2,1-3H3,(H,28,34)(H,29,32)(H,30,33)/t20-/m0/s1. The first kappa shape index (κ1) is 24.7. The topological polar surface area (TPSA) is 90.5 Å². The first-order valence-corrected chi connectivity index (χ1v) is 11.1. The van der Waals surface area contributed by atoms with Crippen molar-refractivity contribution in [2.75, 3.05) is 30.8 Å². The summed E-state index contributed by atoms with van der Waals surface area (Å²) in [6.45, 7) is 3.93. The highest BCUT2D eigenvalue weighted by atomic mass is 16.2. The van der Waals surface area contributed by atoms with Crippen LogP contribution in [0.3, 0.4) is 0 Å². The molecule has 3 amide bonds. The average molecular weight is 459 g/mol. The molecule has 0 spiro atoms. The van der Waals surface area contributed by atoms with Gasteiger partial charge in [0, 0.05) is 5.69 Å². The Morgan fingerprint density at radius 3 is 2.06 bits per heavy atom. The Kier molecular flexibility index (Phi) is 8.54. The molecule has 1 atom stereocenters. The number of para-hydroxylation sites is 1. The summed E-state index contributed by atoms with van der Waals surface area (Å²) >= 11 is 0. The van der Waals surface area contributed by atoms with E-state index >= 15 is 0 Å². The van der Waals surface area contributed by atoms with Gasteiger partial charge in [-0.2, -0.15) is 0 Å². The van der Waals surface area contributed by atoms with E-state index in [0.29, 0.717) is 16.9 Å². The van der Waals surface area contributed by atoms with Gasteiger partial charge >= 0.3 is 0 Å². The van der Waals surface area contributed by atoms with Gasteiger partial charge in [-0.15, -0.1) is 0 Å². The Morgan fingerprint density at radius 2 is 1.38 bits per heavy atom. The fourth-order valence-corrected chi connectivity index (χ4v) is 3.46. The highest BCUT2D eigenvalue weighted by molar-refractivity contribution is 6.04. The van der Waals surface area contributed by atoms with Gasteiger partial charge in [-0.25, -0.2) is 0 Å². The molecule has 3 N–H and O–H groups in total. The number of likely N-dealkylation sites (N-methyl/N-ethyl adjacent to an activating group) is 1. The predicted octanol–water partition coefficient (Wildman–Crippen LogP) is 4.00. The van der Waals surface area contributed by atoms with Crippen LogP contribution >= 0.6 is 0 Å². The highest BCUT2D eigenvalue weighted by Gasteiger charge is 2.17. The molecule has 3 aromatic rings. The molecule has 176 valence electrons. The Labute approximate surface area is 200 Å². The van der Waals surface area contributed by atoms with Crippen LogP contribution in [0.5, 0.6) is 0 Å². The van der Waals surface area contributed by atoms with Crippen molar-refractivity contribution in [2.45, 2.75) is 19.9 Å². The van der Waals surface area contributed by atoms with Crippen LogP contribution in [-0.4, -0.2) is 42.8 Å². The van der Waals surface area contributed by atoms with Crippen LogP contribution in [0.15, 0.2) is 78.9 Å². The quantitative estimate of drug-likeness (QED) is 0.452. The SMILES string of the molecule is Cc1ccc(NC(=O)CN(C)CC(=O)Nc2ccccc2C(=O)N[C@@H](C)c2ccccc2)cc1. The van der Waals surface area contributed by atoms with E-state index in [9.17, 15) is 14.4 Å². The number of hydrogen-bond donors (Lipinski definition) is 3. The summed E-state index contributed by atoms with van der Waals surface area (Å²) in [5.41, 5.74) is 3.59. The molecule has 0 bridgehead atoms. The Balaban J connectivity index is 1.54. The van der Waals surface area contributed by atoms with Crippen LogP contribution in [0.1, 0.15) is 34.5 Å². The van der Waals surface area contributed by atoms with Crippen molar-refractivity contribution in [2.24, 2.45) is 0 Å². The number of amides is 3. The van der Waals surface area contributed by atoms with Crippen molar-refractivity contribution in [3.05, 3.63) is 95.6 Å². The molecule has 0 unspecified atom stereocenters. The lowest BCUT2D eigenvalue weighted by Crippen LogP contribution is -2.36.